The molecule has 2 amide bonds. The number of aromatic nitrogens is 1. The van der Waals surface area contributed by atoms with Gasteiger partial charge in [0.1, 0.15) is 0 Å². The van der Waals surface area contributed by atoms with Crippen molar-refractivity contribution in [1.82, 2.24) is 4.98 Å². The fourth-order valence-electron chi connectivity index (χ4n) is 4.35. The first kappa shape index (κ1) is 18.2. The second kappa shape index (κ2) is 6.91. The summed E-state index contributed by atoms with van der Waals surface area (Å²) in [6, 6.07) is 15.4. The van der Waals surface area contributed by atoms with Crippen LogP contribution in [0.4, 0.5) is 5.69 Å². The van der Waals surface area contributed by atoms with E-state index >= 15 is 0 Å². The number of hydrogen-bond donors (Lipinski definition) is 0. The number of carbonyl (C=O) groups excluding carboxylic acids is 3. The third kappa shape index (κ3) is 2.80. The number of carboxylic acid groups (broad SMARTS) is 1. The smallest absolute Gasteiger partial charge is 0.238 e. The number of nitrogens with zero attached hydrogens (tertiary/aromatic N) is 2. The van der Waals surface area contributed by atoms with E-state index in [2.05, 4.69) is 4.98 Å². The monoisotopic (exact) mass is 397 g/mol. The zero-order chi connectivity index (χ0) is 20.8. The number of amides is 2. The van der Waals surface area contributed by atoms with E-state index in [-0.39, 0.29) is 29.2 Å². The predicted octanol–water partition coefficient (Wildman–Crippen LogP) is 2.72. The van der Waals surface area contributed by atoms with E-state index in [4.69, 9.17) is 0 Å². The fourth-order valence-corrected chi connectivity index (χ4v) is 4.35. The van der Waals surface area contributed by atoms with E-state index in [0.29, 0.717) is 40.7 Å². The van der Waals surface area contributed by atoms with Gasteiger partial charge in [-0.2, -0.15) is 0 Å². The maximum absolute atomic E-state index is 12.9. The summed E-state index contributed by atoms with van der Waals surface area (Å²) in [7, 11) is 0. The van der Waals surface area contributed by atoms with Crippen LogP contribution in [0.25, 0.3) is 22.2 Å². The standard InChI is InChI=1S/C24H18N2O4/c27-22-17-9-1-2-10-18(17)23(28)26(22)15-7-5-6-14(12-15)21-13-19(24(29)30)16-8-3-4-11-20(16)25-21/h1-8,11-13,17-18H,9-10H2,(H,29,30)/p-1/t17-,18-/m1/s1. The van der Waals surface area contributed by atoms with Gasteiger partial charge in [0.2, 0.25) is 11.8 Å². The number of para-hydroxylation sites is 1. The predicted molar refractivity (Wildman–Crippen MR) is 109 cm³/mol. The minimum absolute atomic E-state index is 0.0476. The first-order chi connectivity index (χ1) is 14.5. The van der Waals surface area contributed by atoms with E-state index < -0.39 is 5.97 Å². The molecular formula is C24H17N2O4-. The fraction of sp³-hybridized carbons (Fsp3) is 0.167. The second-order valence-electron chi connectivity index (χ2n) is 7.58. The average Bonchev–Trinajstić information content (AvgIpc) is 3.03. The molecule has 0 radical (unpaired) electrons. The molecule has 0 bridgehead atoms. The number of carbonyl (C=O) groups is 3. The van der Waals surface area contributed by atoms with Gasteiger partial charge in [0.15, 0.2) is 0 Å². The van der Waals surface area contributed by atoms with Gasteiger partial charge in [-0.05, 0) is 37.1 Å². The molecular weight excluding hydrogens is 380 g/mol. The van der Waals surface area contributed by atoms with Crippen LogP contribution >= 0.6 is 0 Å². The quantitative estimate of drug-likeness (QED) is 0.501. The summed E-state index contributed by atoms with van der Waals surface area (Å²) in [5.74, 6) is -2.28. The maximum atomic E-state index is 12.9. The Bertz CT molecular complexity index is 1220. The number of fused-ring (bicyclic) bond motifs is 2. The molecule has 148 valence electrons. The number of allylic oxidation sites excluding steroid dienone is 2. The molecule has 0 N–H and O–H groups in total. The van der Waals surface area contributed by atoms with Crippen LogP contribution in [0.5, 0.6) is 0 Å². The zero-order valence-electron chi connectivity index (χ0n) is 15.9. The van der Waals surface area contributed by atoms with Crippen molar-refractivity contribution < 1.29 is 19.5 Å². The topological polar surface area (TPSA) is 90.4 Å². The second-order valence-corrected chi connectivity index (χ2v) is 7.58. The average molecular weight is 397 g/mol. The third-order valence-corrected chi connectivity index (χ3v) is 5.84. The van der Waals surface area contributed by atoms with Crippen LogP contribution in [-0.2, 0) is 9.59 Å². The maximum Gasteiger partial charge on any atom is 0.238 e. The van der Waals surface area contributed by atoms with Crippen LogP contribution in [0.15, 0.2) is 66.7 Å². The minimum atomic E-state index is -1.28. The Labute approximate surface area is 172 Å². The molecule has 1 aliphatic heterocycles. The largest absolute Gasteiger partial charge is 0.545 e. The van der Waals surface area contributed by atoms with Crippen molar-refractivity contribution in [2.24, 2.45) is 11.8 Å². The lowest BCUT2D eigenvalue weighted by Gasteiger charge is -2.16. The number of benzene rings is 2. The molecule has 0 saturated carbocycles. The molecule has 0 unspecified atom stereocenters. The molecule has 30 heavy (non-hydrogen) atoms. The molecule has 3 aromatic rings. The molecule has 2 aliphatic rings. The van der Waals surface area contributed by atoms with E-state index in [1.54, 1.807) is 48.5 Å². The molecule has 1 aliphatic carbocycles. The highest BCUT2D eigenvalue weighted by Gasteiger charge is 2.47. The Kier molecular flexibility index (Phi) is 4.20. The number of aromatic carboxylic acids is 1. The van der Waals surface area contributed by atoms with Gasteiger partial charge < -0.3 is 9.90 Å². The highest BCUT2D eigenvalue weighted by molar-refractivity contribution is 6.22. The molecule has 1 aromatic heterocycles. The Balaban J connectivity index is 1.59. The molecule has 2 heterocycles. The summed E-state index contributed by atoms with van der Waals surface area (Å²) in [5.41, 5.74) is 2.11. The number of pyridine rings is 1. The summed E-state index contributed by atoms with van der Waals surface area (Å²) in [6.45, 7) is 0. The SMILES string of the molecule is O=C([O-])c1cc(-c2cccc(N3C(=O)[C@@H]4CC=CC[C@H]4C3=O)c2)nc2ccccc12. The number of carboxylic acids is 1. The Morgan fingerprint density at radius 3 is 2.33 bits per heavy atom. The summed E-state index contributed by atoms with van der Waals surface area (Å²) in [5, 5.41) is 12.2. The van der Waals surface area contributed by atoms with Crippen LogP contribution in [0.1, 0.15) is 23.2 Å². The van der Waals surface area contributed by atoms with Crippen molar-refractivity contribution in [2.75, 3.05) is 4.90 Å². The van der Waals surface area contributed by atoms with Crippen LogP contribution < -0.4 is 10.0 Å². The van der Waals surface area contributed by atoms with Gasteiger partial charge in [0.25, 0.3) is 0 Å². The molecule has 1 fully saturated rings. The van der Waals surface area contributed by atoms with Crippen molar-refractivity contribution in [2.45, 2.75) is 12.8 Å². The summed E-state index contributed by atoms with van der Waals surface area (Å²) < 4.78 is 0. The Morgan fingerprint density at radius 2 is 1.63 bits per heavy atom. The van der Waals surface area contributed by atoms with Crippen LogP contribution in [-0.4, -0.2) is 22.8 Å². The molecule has 6 nitrogen and oxygen atoms in total. The lowest BCUT2D eigenvalue weighted by Crippen LogP contribution is -2.30. The molecule has 0 spiro atoms. The molecule has 2 atom stereocenters. The molecule has 1 saturated heterocycles. The number of anilines is 1. The molecule has 5 rings (SSSR count). The summed E-state index contributed by atoms with van der Waals surface area (Å²) in [6.07, 6.45) is 5.05. The van der Waals surface area contributed by atoms with E-state index in [1.165, 1.54) is 11.0 Å². The third-order valence-electron chi connectivity index (χ3n) is 5.84. The van der Waals surface area contributed by atoms with E-state index in [1.807, 2.05) is 12.2 Å². The van der Waals surface area contributed by atoms with Crippen LogP contribution in [0.2, 0.25) is 0 Å². The highest BCUT2D eigenvalue weighted by atomic mass is 16.4. The van der Waals surface area contributed by atoms with Gasteiger partial charge in [-0.25, -0.2) is 4.98 Å². The molecule has 6 heteroatoms. The first-order valence-corrected chi connectivity index (χ1v) is 9.79. The van der Waals surface area contributed by atoms with Gasteiger partial charge in [-0.1, -0.05) is 42.5 Å². The summed E-state index contributed by atoms with van der Waals surface area (Å²) in [4.78, 5) is 43.3. The van der Waals surface area contributed by atoms with Gasteiger partial charge in [-0.3, -0.25) is 14.5 Å². The lowest BCUT2D eigenvalue weighted by molar-refractivity contribution is -0.254. The number of rotatable bonds is 3. The van der Waals surface area contributed by atoms with Crippen LogP contribution in [0.3, 0.4) is 0 Å². The van der Waals surface area contributed by atoms with Crippen molar-refractivity contribution in [1.29, 1.82) is 0 Å². The van der Waals surface area contributed by atoms with Crippen molar-refractivity contribution in [3.8, 4) is 11.3 Å². The van der Waals surface area contributed by atoms with E-state index in [9.17, 15) is 19.5 Å². The zero-order valence-corrected chi connectivity index (χ0v) is 15.9. The van der Waals surface area contributed by atoms with Gasteiger partial charge in [0, 0.05) is 16.5 Å². The highest BCUT2D eigenvalue weighted by Crippen LogP contribution is 2.38. The van der Waals surface area contributed by atoms with Gasteiger partial charge >= 0.3 is 0 Å². The lowest BCUT2D eigenvalue weighted by atomic mass is 9.85. The Morgan fingerprint density at radius 1 is 0.933 bits per heavy atom. The van der Waals surface area contributed by atoms with Crippen molar-refractivity contribution in [3.05, 3.63) is 72.3 Å². The van der Waals surface area contributed by atoms with Gasteiger partial charge in [0.05, 0.1) is 34.7 Å². The Hall–Kier alpha value is -3.80. The van der Waals surface area contributed by atoms with Crippen molar-refractivity contribution in [3.63, 3.8) is 0 Å². The number of hydrogen-bond acceptors (Lipinski definition) is 5. The van der Waals surface area contributed by atoms with Crippen molar-refractivity contribution >= 4 is 34.4 Å². The van der Waals surface area contributed by atoms with Gasteiger partial charge in [-0.15, -0.1) is 0 Å². The number of imide groups is 1. The normalized spacial score (nSPS) is 20.6. The van der Waals surface area contributed by atoms with Crippen LogP contribution in [0, 0.1) is 11.8 Å². The van der Waals surface area contributed by atoms with E-state index in [0.717, 1.165) is 0 Å². The summed E-state index contributed by atoms with van der Waals surface area (Å²) >= 11 is 0. The first-order valence-electron chi connectivity index (χ1n) is 9.79. The molecule has 2 aromatic carbocycles. The minimum Gasteiger partial charge on any atom is -0.545 e.